The van der Waals surface area contributed by atoms with Gasteiger partial charge in [-0.25, -0.2) is 0 Å². The minimum Gasteiger partial charge on any atom is -0.318 e. The van der Waals surface area contributed by atoms with Crippen molar-refractivity contribution in [3.05, 3.63) is 17.6 Å². The molecule has 0 aliphatic heterocycles. The molecule has 3 rings (SSSR count). The van der Waals surface area contributed by atoms with Gasteiger partial charge in [0.15, 0.2) is 0 Å². The quantitative estimate of drug-likeness (QED) is 0.356. The van der Waals surface area contributed by atoms with E-state index in [0.717, 1.165) is 5.92 Å². The van der Waals surface area contributed by atoms with E-state index in [1.165, 1.54) is 32.1 Å². The smallest absolute Gasteiger partial charge is 0 e. The Morgan fingerprint density at radius 3 is 2.75 bits per heavy atom. The molecule has 0 spiro atoms. The summed E-state index contributed by atoms with van der Waals surface area (Å²) in [6.45, 7) is 2.35. The minimum atomic E-state index is 0. The zero-order chi connectivity index (χ0) is 7.47. The van der Waals surface area contributed by atoms with Crippen LogP contribution in [0, 0.1) is 17.8 Å². The first-order valence-electron chi connectivity index (χ1n) is 4.92. The van der Waals surface area contributed by atoms with E-state index >= 15 is 0 Å². The van der Waals surface area contributed by atoms with Crippen LogP contribution in [0.5, 0.6) is 0 Å². The summed E-state index contributed by atoms with van der Waals surface area (Å²) >= 11 is 0. The summed E-state index contributed by atoms with van der Waals surface area (Å²) in [5.74, 6) is 0.999. The van der Waals surface area contributed by atoms with Crippen molar-refractivity contribution in [2.75, 3.05) is 0 Å². The Bertz CT molecular complexity index is 241. The van der Waals surface area contributed by atoms with Gasteiger partial charge in [0.2, 0.25) is 0 Å². The second kappa shape index (κ2) is 2.67. The molecule has 0 amide bonds. The Balaban J connectivity index is 0.000000563. The Morgan fingerprint density at radius 1 is 1.50 bits per heavy atom. The molecular formula is C11H15Zn-. The third-order valence-electron chi connectivity index (χ3n) is 4.16. The fraction of sp³-hybridized carbons (Fsp3) is 0.727. The first kappa shape index (κ1) is 8.94. The van der Waals surface area contributed by atoms with E-state index in [-0.39, 0.29) is 19.5 Å². The molecule has 2 unspecified atom stereocenters. The predicted octanol–water partition coefficient (Wildman–Crippen LogP) is 3.10. The number of hydrogen-bond acceptors (Lipinski definition) is 0. The largest absolute Gasteiger partial charge is 0.318 e. The number of allylic oxidation sites excluding steroid dienone is 2. The Hall–Kier alpha value is 0.363. The molecule has 2 atom stereocenters. The van der Waals surface area contributed by atoms with Crippen LogP contribution in [0.4, 0.5) is 0 Å². The summed E-state index contributed by atoms with van der Waals surface area (Å²) in [5.41, 5.74) is 4.35. The summed E-state index contributed by atoms with van der Waals surface area (Å²) in [7, 11) is 0. The molecule has 12 heavy (non-hydrogen) atoms. The topological polar surface area (TPSA) is 0 Å². The van der Waals surface area contributed by atoms with Crippen LogP contribution in [0.1, 0.15) is 39.0 Å². The fourth-order valence-electron chi connectivity index (χ4n) is 3.40. The molecule has 1 saturated carbocycles. The van der Waals surface area contributed by atoms with Crippen LogP contribution in [-0.4, -0.2) is 0 Å². The van der Waals surface area contributed by atoms with E-state index in [0.29, 0.717) is 5.41 Å². The van der Waals surface area contributed by atoms with Gasteiger partial charge in [-0.3, -0.25) is 0 Å². The molecule has 62 valence electrons. The van der Waals surface area contributed by atoms with Gasteiger partial charge in [-0.2, -0.15) is 6.42 Å². The van der Waals surface area contributed by atoms with Crippen molar-refractivity contribution in [2.24, 2.45) is 11.3 Å². The normalized spacial score (nSPS) is 42.2. The van der Waals surface area contributed by atoms with Crippen LogP contribution < -0.4 is 0 Å². The van der Waals surface area contributed by atoms with Crippen LogP contribution in [-0.2, 0) is 19.5 Å². The molecule has 0 aromatic heterocycles. The number of hydrogen-bond donors (Lipinski definition) is 0. The van der Waals surface area contributed by atoms with Crippen molar-refractivity contribution in [1.29, 1.82) is 0 Å². The van der Waals surface area contributed by atoms with E-state index in [4.69, 9.17) is 0 Å². The fourth-order valence-corrected chi connectivity index (χ4v) is 3.40. The summed E-state index contributed by atoms with van der Waals surface area (Å²) in [6, 6.07) is 0. The van der Waals surface area contributed by atoms with Crippen molar-refractivity contribution in [3.8, 4) is 0 Å². The minimum absolute atomic E-state index is 0. The first-order valence-corrected chi connectivity index (χ1v) is 4.92. The van der Waals surface area contributed by atoms with E-state index in [1.54, 1.807) is 0 Å². The van der Waals surface area contributed by atoms with Crippen LogP contribution in [0.2, 0.25) is 0 Å². The molecule has 0 heterocycles. The molecule has 0 saturated heterocycles. The molecule has 0 aromatic carbocycles. The van der Waals surface area contributed by atoms with Crippen molar-refractivity contribution >= 4 is 0 Å². The monoisotopic (exact) mass is 211 g/mol. The Morgan fingerprint density at radius 2 is 2.33 bits per heavy atom. The molecule has 0 aromatic rings. The predicted molar refractivity (Wildman–Crippen MR) is 46.0 cm³/mol. The van der Waals surface area contributed by atoms with E-state index in [2.05, 4.69) is 13.3 Å². The Kier molecular flexibility index (Phi) is 1.99. The summed E-state index contributed by atoms with van der Waals surface area (Å²) in [4.78, 5) is 0. The van der Waals surface area contributed by atoms with Gasteiger partial charge in [0.05, 0.1) is 0 Å². The van der Waals surface area contributed by atoms with Crippen LogP contribution in [0.3, 0.4) is 0 Å². The van der Waals surface area contributed by atoms with E-state index in [1.807, 2.05) is 11.1 Å². The second-order valence-electron chi connectivity index (χ2n) is 4.35. The average Bonchev–Trinajstić information content (AvgIpc) is 2.39. The van der Waals surface area contributed by atoms with Gasteiger partial charge < -0.3 is 6.42 Å². The molecule has 1 fully saturated rings. The maximum Gasteiger partial charge on any atom is 0 e. The first-order chi connectivity index (χ1) is 5.36. The van der Waals surface area contributed by atoms with Gasteiger partial charge in [-0.1, -0.05) is 30.9 Å². The standard InChI is InChI=1S/C11H15.Zn/c1-2-11-6-5-8(7-11)9-3-4-10(9)11;/h6,8H,2-5,7H2,1H3;/q-1;. The van der Waals surface area contributed by atoms with Crippen molar-refractivity contribution < 1.29 is 19.5 Å². The van der Waals surface area contributed by atoms with Crippen LogP contribution in [0.15, 0.2) is 11.1 Å². The van der Waals surface area contributed by atoms with Crippen LogP contribution in [0.25, 0.3) is 0 Å². The third kappa shape index (κ3) is 0.816. The van der Waals surface area contributed by atoms with Gasteiger partial charge in [0.25, 0.3) is 0 Å². The molecule has 2 bridgehead atoms. The zero-order valence-electron chi connectivity index (χ0n) is 7.90. The molecule has 3 aliphatic rings. The number of fused-ring (bicyclic) bond motifs is 4. The van der Waals surface area contributed by atoms with Crippen LogP contribution >= 0.6 is 0 Å². The maximum atomic E-state index is 2.61. The van der Waals surface area contributed by atoms with Crippen molar-refractivity contribution in [3.63, 3.8) is 0 Å². The molecule has 0 N–H and O–H groups in total. The molecule has 0 radical (unpaired) electrons. The average molecular weight is 213 g/mol. The molecule has 1 heteroatoms. The van der Waals surface area contributed by atoms with E-state index < -0.39 is 0 Å². The van der Waals surface area contributed by atoms with Gasteiger partial charge in [-0.05, 0) is 18.8 Å². The molecular weight excluding hydrogens is 198 g/mol. The van der Waals surface area contributed by atoms with Crippen molar-refractivity contribution in [2.45, 2.75) is 39.0 Å². The van der Waals surface area contributed by atoms with Gasteiger partial charge in [0.1, 0.15) is 0 Å². The third-order valence-corrected chi connectivity index (χ3v) is 4.16. The summed E-state index contributed by atoms with van der Waals surface area (Å²) in [5, 5.41) is 0. The van der Waals surface area contributed by atoms with Gasteiger partial charge >= 0.3 is 0 Å². The van der Waals surface area contributed by atoms with Gasteiger partial charge in [0, 0.05) is 19.5 Å². The summed E-state index contributed by atoms with van der Waals surface area (Å²) in [6.07, 6.45) is 9.71. The summed E-state index contributed by atoms with van der Waals surface area (Å²) < 4.78 is 0. The number of rotatable bonds is 1. The Labute approximate surface area is 87.6 Å². The van der Waals surface area contributed by atoms with E-state index in [9.17, 15) is 0 Å². The second-order valence-corrected chi connectivity index (χ2v) is 4.35. The molecule has 0 nitrogen and oxygen atoms in total. The van der Waals surface area contributed by atoms with Crippen molar-refractivity contribution in [1.82, 2.24) is 0 Å². The SMILES string of the molecule is CCC12[CH-]CC(C1)C1=C2CC1.[Zn]. The van der Waals surface area contributed by atoms with Gasteiger partial charge in [-0.15, -0.1) is 5.41 Å². The maximum absolute atomic E-state index is 2.61. The molecule has 3 aliphatic carbocycles. The zero-order valence-corrected chi connectivity index (χ0v) is 10.9.